The summed E-state index contributed by atoms with van der Waals surface area (Å²) >= 11 is 6.85. The lowest BCUT2D eigenvalue weighted by molar-refractivity contribution is 0.786. The lowest BCUT2D eigenvalue weighted by Gasteiger charge is -1.88. The minimum atomic E-state index is 0.0185. The molecular formula is C2H4ClN2S. The summed E-state index contributed by atoms with van der Waals surface area (Å²) in [6.45, 7) is 0.693. The van der Waals surface area contributed by atoms with Crippen LogP contribution < -0.4 is 10.0 Å². The van der Waals surface area contributed by atoms with Crippen molar-refractivity contribution in [3.63, 3.8) is 0 Å². The van der Waals surface area contributed by atoms with E-state index in [9.17, 15) is 0 Å². The second-order valence-electron chi connectivity index (χ2n) is 0.913. The van der Waals surface area contributed by atoms with E-state index in [-0.39, 0.29) is 4.83 Å². The lowest BCUT2D eigenvalue weighted by atomic mass is 11.1. The Morgan fingerprint density at radius 2 is 2.83 bits per heavy atom. The van der Waals surface area contributed by atoms with E-state index in [1.165, 1.54) is 11.9 Å². The Labute approximate surface area is 45.8 Å². The van der Waals surface area contributed by atoms with Crippen LogP contribution in [0.1, 0.15) is 0 Å². The van der Waals surface area contributed by atoms with E-state index in [0.29, 0.717) is 6.67 Å². The number of alkyl halides is 1. The molecule has 35 valence electrons. The summed E-state index contributed by atoms with van der Waals surface area (Å²) in [6, 6.07) is 0. The molecule has 0 bridgehead atoms. The van der Waals surface area contributed by atoms with Gasteiger partial charge < -0.3 is 0 Å². The highest BCUT2D eigenvalue weighted by Crippen LogP contribution is 2.12. The Balaban J connectivity index is 2.18. The van der Waals surface area contributed by atoms with Crippen molar-refractivity contribution in [1.29, 1.82) is 0 Å². The summed E-state index contributed by atoms with van der Waals surface area (Å²) in [5.74, 6) is 0. The fraction of sp³-hybridized carbons (Fsp3) is 1.00. The molecule has 4 heteroatoms. The maximum absolute atomic E-state index is 5.47. The van der Waals surface area contributed by atoms with E-state index in [0.717, 1.165) is 0 Å². The van der Waals surface area contributed by atoms with Crippen LogP contribution in [0.4, 0.5) is 0 Å². The van der Waals surface area contributed by atoms with Crippen LogP contribution in [-0.2, 0) is 0 Å². The first-order chi connectivity index (χ1) is 2.89. The van der Waals surface area contributed by atoms with Crippen LogP contribution in [0.5, 0.6) is 0 Å². The molecule has 1 rings (SSSR count). The fourth-order valence-electron chi connectivity index (χ4n) is 0.249. The van der Waals surface area contributed by atoms with Crippen molar-refractivity contribution in [3.8, 4) is 0 Å². The third-order valence-electron chi connectivity index (χ3n) is 0.483. The molecule has 2 nitrogen and oxygen atoms in total. The highest BCUT2D eigenvalue weighted by Gasteiger charge is 2.09. The van der Waals surface area contributed by atoms with Crippen molar-refractivity contribution in [3.05, 3.63) is 0 Å². The van der Waals surface area contributed by atoms with Gasteiger partial charge in [0.05, 0.1) is 6.67 Å². The second kappa shape index (κ2) is 2.02. The van der Waals surface area contributed by atoms with Crippen LogP contribution in [0, 0.1) is 0 Å². The van der Waals surface area contributed by atoms with Crippen LogP contribution in [-0.4, -0.2) is 11.5 Å². The molecule has 0 aromatic rings. The summed E-state index contributed by atoms with van der Waals surface area (Å²) in [6.07, 6.45) is 0. The average Bonchev–Trinajstić information content (AvgIpc) is 1.86. The van der Waals surface area contributed by atoms with E-state index in [1.807, 2.05) is 0 Å². The molecule has 0 amide bonds. The highest BCUT2D eigenvalue weighted by atomic mass is 35.5. The lowest BCUT2D eigenvalue weighted by Crippen LogP contribution is -2.13. The van der Waals surface area contributed by atoms with Crippen LogP contribution in [0.25, 0.3) is 0 Å². The van der Waals surface area contributed by atoms with Crippen molar-refractivity contribution in [2.24, 2.45) is 0 Å². The van der Waals surface area contributed by atoms with Crippen LogP contribution in [0.15, 0.2) is 0 Å². The molecule has 1 unspecified atom stereocenters. The number of halogens is 1. The Morgan fingerprint density at radius 3 is 3.00 bits per heavy atom. The minimum absolute atomic E-state index is 0.0185. The minimum Gasteiger partial charge on any atom is -0.277 e. The molecule has 0 aromatic carbocycles. The van der Waals surface area contributed by atoms with Crippen LogP contribution >= 0.6 is 23.5 Å². The molecule has 1 aliphatic rings. The molecular weight excluding hydrogens is 120 g/mol. The smallest absolute Gasteiger partial charge is 0.146 e. The summed E-state index contributed by atoms with van der Waals surface area (Å²) in [5, 5.41) is 2.88. The van der Waals surface area contributed by atoms with Gasteiger partial charge in [-0.25, -0.2) is 0 Å². The molecule has 1 N–H and O–H groups in total. The largest absolute Gasteiger partial charge is 0.277 e. The number of hydrogen-bond donors (Lipinski definition) is 1. The summed E-state index contributed by atoms with van der Waals surface area (Å²) in [5.41, 5.74) is 0. The molecule has 1 atom stereocenters. The predicted octanol–water partition coefficient (Wildman–Crippen LogP) is 0.322. The van der Waals surface area contributed by atoms with E-state index < -0.39 is 0 Å². The second-order valence-corrected chi connectivity index (χ2v) is 2.55. The summed E-state index contributed by atoms with van der Waals surface area (Å²) < 4.78 is 3.84. The average molecular weight is 124 g/mol. The van der Waals surface area contributed by atoms with Gasteiger partial charge in [-0.15, -0.1) is 0 Å². The van der Waals surface area contributed by atoms with Gasteiger partial charge >= 0.3 is 0 Å². The first kappa shape index (κ1) is 4.71. The van der Waals surface area contributed by atoms with Crippen molar-refractivity contribution < 1.29 is 0 Å². The zero-order valence-corrected chi connectivity index (χ0v) is 4.59. The maximum atomic E-state index is 5.47. The molecule has 6 heavy (non-hydrogen) atoms. The zero-order chi connectivity index (χ0) is 4.41. The summed E-state index contributed by atoms with van der Waals surface area (Å²) in [7, 11) is 0. The Hall–Kier alpha value is 0.560. The Kier molecular flexibility index (Phi) is 1.59. The van der Waals surface area contributed by atoms with Gasteiger partial charge in [0.2, 0.25) is 0 Å². The fourth-order valence-corrected chi connectivity index (χ4v) is 0.916. The number of rotatable bonds is 0. The Morgan fingerprint density at radius 1 is 2.00 bits per heavy atom. The van der Waals surface area contributed by atoms with Gasteiger partial charge in [0.25, 0.3) is 0 Å². The third kappa shape index (κ3) is 1.01. The molecule has 0 aliphatic carbocycles. The summed E-state index contributed by atoms with van der Waals surface area (Å²) in [4.78, 5) is 0.0185. The zero-order valence-electron chi connectivity index (χ0n) is 3.02. The van der Waals surface area contributed by atoms with Gasteiger partial charge in [-0.2, -0.15) is 4.72 Å². The monoisotopic (exact) mass is 123 g/mol. The topological polar surface area (TPSA) is 26.1 Å². The van der Waals surface area contributed by atoms with Crippen LogP contribution in [0.2, 0.25) is 0 Å². The first-order valence-electron chi connectivity index (χ1n) is 1.59. The molecule has 1 aliphatic heterocycles. The van der Waals surface area contributed by atoms with Gasteiger partial charge in [0.1, 0.15) is 4.83 Å². The van der Waals surface area contributed by atoms with Crippen molar-refractivity contribution in [2.75, 3.05) is 6.67 Å². The van der Waals surface area contributed by atoms with E-state index in [2.05, 4.69) is 10.0 Å². The third-order valence-corrected chi connectivity index (χ3v) is 1.51. The Bertz CT molecular complexity index is 44.8. The number of nitrogens with zero attached hydrogens (tertiary/aromatic N) is 1. The van der Waals surface area contributed by atoms with Crippen molar-refractivity contribution in [2.45, 2.75) is 4.83 Å². The highest BCUT2D eigenvalue weighted by molar-refractivity contribution is 7.99. The number of hydrogen-bond acceptors (Lipinski definition) is 2. The van der Waals surface area contributed by atoms with E-state index >= 15 is 0 Å². The molecule has 0 aromatic heterocycles. The first-order valence-corrected chi connectivity index (χ1v) is 2.87. The van der Waals surface area contributed by atoms with Gasteiger partial charge in [-0.1, -0.05) is 11.6 Å². The molecule has 0 spiro atoms. The SMILES string of the molecule is ClC1NC[N]S1. The standard InChI is InChI=1S/C2H4ClN2S/c3-2-4-1-5-6-2/h2,4H,1H2. The number of nitrogens with one attached hydrogen (secondary N) is 1. The molecule has 1 fully saturated rings. The quantitative estimate of drug-likeness (QED) is 0.285. The molecule has 0 saturated carbocycles. The van der Waals surface area contributed by atoms with E-state index in [1.54, 1.807) is 0 Å². The van der Waals surface area contributed by atoms with Gasteiger partial charge in [-0.3, -0.25) is 5.32 Å². The van der Waals surface area contributed by atoms with Crippen molar-refractivity contribution >= 4 is 23.5 Å². The molecule has 1 heterocycles. The molecule has 1 radical (unpaired) electrons. The van der Waals surface area contributed by atoms with Gasteiger partial charge in [0.15, 0.2) is 0 Å². The predicted molar refractivity (Wildman–Crippen MR) is 27.4 cm³/mol. The molecule has 1 saturated heterocycles. The maximum Gasteiger partial charge on any atom is 0.146 e. The van der Waals surface area contributed by atoms with Gasteiger partial charge in [0, 0.05) is 0 Å². The van der Waals surface area contributed by atoms with E-state index in [4.69, 9.17) is 11.6 Å². The van der Waals surface area contributed by atoms with Crippen molar-refractivity contribution in [1.82, 2.24) is 10.0 Å². The van der Waals surface area contributed by atoms with Crippen LogP contribution in [0.3, 0.4) is 0 Å². The van der Waals surface area contributed by atoms with Gasteiger partial charge in [-0.05, 0) is 11.9 Å². The normalized spacial score (nSPS) is 34.5.